The molecule has 0 aliphatic rings. The van der Waals surface area contributed by atoms with Gasteiger partial charge in [-0.25, -0.2) is 9.19 Å². The molecule has 1 atom stereocenters. The number of hydrogen-bond donors (Lipinski definition) is 3. The summed E-state index contributed by atoms with van der Waals surface area (Å²) in [5.41, 5.74) is 2.71. The average Bonchev–Trinajstić information content (AvgIpc) is 2.98. The largest absolute Gasteiger partial charge is 0.351 e. The number of anilines is 1. The number of aromatic nitrogens is 2. The summed E-state index contributed by atoms with van der Waals surface area (Å²) in [5.74, 6) is -0.723. The molecule has 0 spiro atoms. The summed E-state index contributed by atoms with van der Waals surface area (Å²) in [7, 11) is -1.71. The van der Waals surface area contributed by atoms with Crippen LogP contribution in [0.5, 0.6) is 0 Å². The number of aromatic amines is 1. The van der Waals surface area contributed by atoms with Crippen molar-refractivity contribution in [2.24, 2.45) is 0 Å². The molecular formula is C16H18N4O3S. The maximum Gasteiger partial charge on any atom is 0.272 e. The van der Waals surface area contributed by atoms with Gasteiger partial charge in [-0.15, -0.1) is 0 Å². The van der Waals surface area contributed by atoms with Crippen molar-refractivity contribution in [3.63, 3.8) is 0 Å². The molecule has 0 aliphatic heterocycles. The Morgan fingerprint density at radius 1 is 1.42 bits per heavy atom. The fraction of sp³-hybridized carbons (Fsp3) is 0.188. The van der Waals surface area contributed by atoms with Crippen LogP contribution in [0.3, 0.4) is 0 Å². The van der Waals surface area contributed by atoms with Crippen molar-refractivity contribution in [2.75, 3.05) is 5.32 Å². The molecule has 7 nitrogen and oxygen atoms in total. The van der Waals surface area contributed by atoms with Gasteiger partial charge in [0.15, 0.2) is 11.0 Å². The summed E-state index contributed by atoms with van der Waals surface area (Å²) >= 11 is 0. The van der Waals surface area contributed by atoms with Crippen molar-refractivity contribution >= 4 is 34.6 Å². The summed E-state index contributed by atoms with van der Waals surface area (Å²) < 4.78 is 14.0. The van der Waals surface area contributed by atoms with Crippen molar-refractivity contribution in [1.82, 2.24) is 14.7 Å². The molecule has 2 rings (SSSR count). The lowest BCUT2D eigenvalue weighted by molar-refractivity contribution is -0.117. The molecule has 1 unspecified atom stereocenters. The third-order valence-corrected chi connectivity index (χ3v) is 4.28. The first-order valence-corrected chi connectivity index (χ1v) is 8.40. The molecule has 2 heterocycles. The Labute approximate surface area is 142 Å². The smallest absolute Gasteiger partial charge is 0.272 e. The lowest BCUT2D eigenvalue weighted by Gasteiger charge is -2.05. The minimum atomic E-state index is -1.71. The standard InChI is InChI=1S/C16H18N4O3S/c1-4-11-8-14(19-13(11)5-2)16(22)18-12-6-7-15(17-9-12)24(23)20-10(3)21/h5-9,19H,2,4H2,1,3H3,(H,18,22)(H,20,21). The minimum Gasteiger partial charge on any atom is -0.351 e. The number of H-pyrrole nitrogens is 1. The van der Waals surface area contributed by atoms with Crippen molar-refractivity contribution in [3.05, 3.63) is 47.9 Å². The number of nitrogens with one attached hydrogen (secondary N) is 3. The maximum atomic E-state index is 12.3. The number of amides is 2. The summed E-state index contributed by atoms with van der Waals surface area (Å²) in [4.78, 5) is 30.1. The second kappa shape index (κ2) is 7.69. The normalized spacial score (nSPS) is 11.6. The second-order valence-electron chi connectivity index (χ2n) is 4.95. The van der Waals surface area contributed by atoms with Crippen LogP contribution >= 0.6 is 0 Å². The zero-order chi connectivity index (χ0) is 17.7. The summed E-state index contributed by atoms with van der Waals surface area (Å²) in [6.07, 6.45) is 3.84. The van der Waals surface area contributed by atoms with Gasteiger partial charge in [0.25, 0.3) is 5.91 Å². The Bertz CT molecular complexity index is 796. The van der Waals surface area contributed by atoms with Crippen LogP contribution in [-0.4, -0.2) is 26.0 Å². The van der Waals surface area contributed by atoms with Crippen LogP contribution < -0.4 is 10.0 Å². The molecule has 0 bridgehead atoms. The number of pyridine rings is 1. The van der Waals surface area contributed by atoms with Crippen LogP contribution in [0.1, 0.15) is 35.6 Å². The average molecular weight is 346 g/mol. The lowest BCUT2D eigenvalue weighted by atomic mass is 10.2. The monoisotopic (exact) mass is 346 g/mol. The zero-order valence-corrected chi connectivity index (χ0v) is 14.2. The highest BCUT2D eigenvalue weighted by Gasteiger charge is 2.13. The van der Waals surface area contributed by atoms with Gasteiger partial charge in [0.05, 0.1) is 11.9 Å². The summed E-state index contributed by atoms with van der Waals surface area (Å²) in [6.45, 7) is 6.98. The Hall–Kier alpha value is -2.74. The fourth-order valence-corrected chi connectivity index (χ4v) is 2.76. The molecule has 2 amide bonds. The predicted octanol–water partition coefficient (Wildman–Crippen LogP) is 2.03. The second-order valence-corrected chi connectivity index (χ2v) is 6.11. The number of carbonyl (C=O) groups excluding carboxylic acids is 2. The van der Waals surface area contributed by atoms with Crippen LogP contribution in [-0.2, 0) is 22.2 Å². The van der Waals surface area contributed by atoms with Crippen LogP contribution in [0.4, 0.5) is 5.69 Å². The highest BCUT2D eigenvalue weighted by atomic mass is 32.2. The Morgan fingerprint density at radius 2 is 2.17 bits per heavy atom. The number of hydrogen-bond acceptors (Lipinski definition) is 4. The quantitative estimate of drug-likeness (QED) is 0.744. The first kappa shape index (κ1) is 17.6. The van der Waals surface area contributed by atoms with Gasteiger partial charge in [-0.2, -0.15) is 0 Å². The Morgan fingerprint density at radius 3 is 2.67 bits per heavy atom. The van der Waals surface area contributed by atoms with E-state index >= 15 is 0 Å². The first-order valence-electron chi connectivity index (χ1n) is 7.25. The Balaban J connectivity index is 2.09. The SMILES string of the molecule is C=Cc1[nH]c(C(=O)Nc2ccc(S(=O)NC(C)=O)nc2)cc1CC. The fourth-order valence-electron chi connectivity index (χ4n) is 2.06. The van der Waals surface area contributed by atoms with Crippen LogP contribution in [0.15, 0.2) is 36.0 Å². The van der Waals surface area contributed by atoms with E-state index in [-0.39, 0.29) is 10.9 Å². The summed E-state index contributed by atoms with van der Waals surface area (Å²) in [6, 6.07) is 4.82. The number of aryl methyl sites for hydroxylation is 1. The molecule has 24 heavy (non-hydrogen) atoms. The maximum absolute atomic E-state index is 12.3. The van der Waals surface area contributed by atoms with E-state index in [0.717, 1.165) is 17.7 Å². The number of nitrogens with zero attached hydrogens (tertiary/aromatic N) is 1. The molecule has 2 aromatic rings. The molecule has 0 aromatic carbocycles. The number of carbonyl (C=O) groups is 2. The van der Waals surface area contributed by atoms with Crippen LogP contribution in [0.25, 0.3) is 6.08 Å². The lowest BCUT2D eigenvalue weighted by Crippen LogP contribution is -2.23. The Kier molecular flexibility index (Phi) is 5.64. The van der Waals surface area contributed by atoms with E-state index in [1.54, 1.807) is 18.2 Å². The highest BCUT2D eigenvalue weighted by Crippen LogP contribution is 2.15. The van der Waals surface area contributed by atoms with E-state index in [1.807, 2.05) is 6.92 Å². The van der Waals surface area contributed by atoms with Gasteiger partial charge in [-0.3, -0.25) is 14.3 Å². The molecule has 2 aromatic heterocycles. The van der Waals surface area contributed by atoms with Crippen LogP contribution in [0, 0.1) is 0 Å². The van der Waals surface area contributed by atoms with E-state index in [9.17, 15) is 13.8 Å². The van der Waals surface area contributed by atoms with Gasteiger partial charge >= 0.3 is 0 Å². The molecule has 0 fully saturated rings. The molecule has 3 N–H and O–H groups in total. The molecule has 0 saturated heterocycles. The van der Waals surface area contributed by atoms with Crippen molar-refractivity contribution in [2.45, 2.75) is 25.3 Å². The highest BCUT2D eigenvalue weighted by molar-refractivity contribution is 7.83. The number of rotatable bonds is 6. The zero-order valence-electron chi connectivity index (χ0n) is 13.4. The van der Waals surface area contributed by atoms with Gasteiger partial charge in [0.1, 0.15) is 10.7 Å². The van der Waals surface area contributed by atoms with Gasteiger partial charge < -0.3 is 10.3 Å². The third kappa shape index (κ3) is 4.17. The van der Waals surface area contributed by atoms with E-state index in [4.69, 9.17) is 0 Å². The molecule has 126 valence electrons. The van der Waals surface area contributed by atoms with E-state index < -0.39 is 16.9 Å². The van der Waals surface area contributed by atoms with Gasteiger partial charge in [0, 0.05) is 12.6 Å². The van der Waals surface area contributed by atoms with Crippen molar-refractivity contribution in [1.29, 1.82) is 0 Å². The topological polar surface area (TPSA) is 104 Å². The third-order valence-electron chi connectivity index (χ3n) is 3.18. The van der Waals surface area contributed by atoms with E-state index in [2.05, 4.69) is 26.6 Å². The van der Waals surface area contributed by atoms with E-state index in [1.165, 1.54) is 19.2 Å². The molecule has 0 aliphatic carbocycles. The van der Waals surface area contributed by atoms with Crippen LogP contribution in [0.2, 0.25) is 0 Å². The van der Waals surface area contributed by atoms with Crippen molar-refractivity contribution < 1.29 is 13.8 Å². The van der Waals surface area contributed by atoms with Gasteiger partial charge in [-0.05, 0) is 36.3 Å². The van der Waals surface area contributed by atoms with Gasteiger partial charge in [-0.1, -0.05) is 13.5 Å². The molecule has 8 heteroatoms. The van der Waals surface area contributed by atoms with Gasteiger partial charge in [0.2, 0.25) is 5.91 Å². The molecular weight excluding hydrogens is 328 g/mol. The molecule has 0 saturated carbocycles. The minimum absolute atomic E-state index is 0.199. The van der Waals surface area contributed by atoms with Crippen molar-refractivity contribution in [3.8, 4) is 0 Å². The predicted molar refractivity (Wildman–Crippen MR) is 92.7 cm³/mol. The van der Waals surface area contributed by atoms with E-state index in [0.29, 0.717) is 11.4 Å². The molecule has 0 radical (unpaired) electrons. The summed E-state index contributed by atoms with van der Waals surface area (Å²) in [5, 5.41) is 2.90. The first-order chi connectivity index (χ1) is 11.4.